The molecule has 1 aliphatic heterocycles. The quantitative estimate of drug-likeness (QED) is 0.484. The number of anilines is 1. The molecular weight excluding hydrogens is 270 g/mol. The van der Waals surface area contributed by atoms with Crippen LogP contribution < -0.4 is 4.90 Å². The van der Waals surface area contributed by atoms with Crippen LogP contribution >= 0.6 is 0 Å². The maximum Gasteiger partial charge on any atom is 0.282 e. The fourth-order valence-corrected chi connectivity index (χ4v) is 2.81. The minimum atomic E-state index is -0.479. The number of carbonyl (C=O) groups is 1. The summed E-state index contributed by atoms with van der Waals surface area (Å²) in [5, 5.41) is 11.1. The van der Waals surface area contributed by atoms with Gasteiger partial charge in [0, 0.05) is 30.9 Å². The van der Waals surface area contributed by atoms with E-state index >= 15 is 0 Å². The van der Waals surface area contributed by atoms with Crippen molar-refractivity contribution in [2.24, 2.45) is 0 Å². The highest BCUT2D eigenvalue weighted by atomic mass is 16.6. The number of Topliss-reactive ketones (excluding diaryl/α,β-unsaturated/α-hetero) is 1. The summed E-state index contributed by atoms with van der Waals surface area (Å²) in [6, 6.07) is 5.45. The Bertz CT molecular complexity index is 549. The van der Waals surface area contributed by atoms with Crippen molar-refractivity contribution in [2.45, 2.75) is 25.8 Å². The Morgan fingerprint density at radius 2 is 1.95 bits per heavy atom. The number of hydrogen-bond acceptors (Lipinski definition) is 5. The summed E-state index contributed by atoms with van der Waals surface area (Å²) in [4.78, 5) is 26.5. The molecule has 114 valence electrons. The largest absolute Gasteiger partial charge is 0.371 e. The third kappa shape index (κ3) is 3.39. The summed E-state index contributed by atoms with van der Waals surface area (Å²) >= 11 is 0. The number of rotatable bonds is 4. The van der Waals surface area contributed by atoms with E-state index in [0.717, 1.165) is 31.6 Å². The lowest BCUT2D eigenvalue weighted by Crippen LogP contribution is -2.42. The van der Waals surface area contributed by atoms with Crippen LogP contribution in [0, 0.1) is 10.1 Å². The van der Waals surface area contributed by atoms with Crippen LogP contribution in [-0.2, 0) is 0 Å². The summed E-state index contributed by atoms with van der Waals surface area (Å²) in [7, 11) is 4.15. The van der Waals surface area contributed by atoms with Crippen molar-refractivity contribution >= 4 is 17.2 Å². The van der Waals surface area contributed by atoms with Gasteiger partial charge in [-0.2, -0.15) is 0 Å². The molecule has 0 N–H and O–H groups in total. The van der Waals surface area contributed by atoms with Gasteiger partial charge in [0.15, 0.2) is 5.78 Å². The smallest absolute Gasteiger partial charge is 0.282 e. The second-order valence-electron chi connectivity index (χ2n) is 5.70. The van der Waals surface area contributed by atoms with Crippen LogP contribution in [0.5, 0.6) is 0 Å². The van der Waals surface area contributed by atoms with Gasteiger partial charge < -0.3 is 9.80 Å². The zero-order valence-corrected chi connectivity index (χ0v) is 12.7. The first-order chi connectivity index (χ1) is 9.90. The number of carbonyl (C=O) groups excluding carboxylic acids is 1. The van der Waals surface area contributed by atoms with E-state index in [1.165, 1.54) is 13.0 Å². The number of nitro benzene ring substituents is 1. The van der Waals surface area contributed by atoms with Crippen molar-refractivity contribution < 1.29 is 9.72 Å². The Balaban J connectivity index is 2.20. The molecule has 0 radical (unpaired) electrons. The highest BCUT2D eigenvalue weighted by Gasteiger charge is 2.24. The van der Waals surface area contributed by atoms with Crippen molar-refractivity contribution in [1.82, 2.24) is 4.90 Å². The molecule has 0 amide bonds. The Morgan fingerprint density at radius 1 is 1.33 bits per heavy atom. The number of nitro groups is 1. The standard InChI is InChI=1S/C15H21N3O3/c1-11(19)14-5-4-13(10-15(14)18(20)21)17-8-6-12(7-9-17)16(2)3/h4-5,10,12H,6-9H2,1-3H3. The fraction of sp³-hybridized carbons (Fsp3) is 0.533. The normalized spacial score (nSPS) is 16.3. The molecule has 1 aromatic rings. The number of nitrogens with zero attached hydrogens (tertiary/aromatic N) is 3. The summed E-state index contributed by atoms with van der Waals surface area (Å²) in [5.74, 6) is -0.278. The lowest BCUT2D eigenvalue weighted by Gasteiger charge is -2.36. The summed E-state index contributed by atoms with van der Waals surface area (Å²) in [6.45, 7) is 3.10. The van der Waals surface area contributed by atoms with Gasteiger partial charge in [-0.1, -0.05) is 0 Å². The monoisotopic (exact) mass is 291 g/mol. The van der Waals surface area contributed by atoms with Crippen molar-refractivity contribution in [1.29, 1.82) is 0 Å². The molecule has 6 heteroatoms. The fourth-order valence-electron chi connectivity index (χ4n) is 2.81. The van der Waals surface area contributed by atoms with E-state index in [4.69, 9.17) is 0 Å². The summed E-state index contributed by atoms with van der Waals surface area (Å²) in [6.07, 6.45) is 2.07. The van der Waals surface area contributed by atoms with Crippen molar-refractivity contribution in [3.8, 4) is 0 Å². The zero-order chi connectivity index (χ0) is 15.6. The average molecular weight is 291 g/mol. The Kier molecular flexibility index (Phi) is 4.57. The molecule has 1 heterocycles. The molecular formula is C15H21N3O3. The molecule has 1 aliphatic rings. The summed E-state index contributed by atoms with van der Waals surface area (Å²) in [5.41, 5.74) is 0.894. The van der Waals surface area contributed by atoms with Gasteiger partial charge in [0.2, 0.25) is 0 Å². The van der Waals surface area contributed by atoms with Crippen LogP contribution in [0.4, 0.5) is 11.4 Å². The SMILES string of the molecule is CC(=O)c1ccc(N2CCC(N(C)C)CC2)cc1[N+](=O)[O-]. The van der Waals surface area contributed by atoms with Gasteiger partial charge in [0.25, 0.3) is 5.69 Å². The minimum absolute atomic E-state index is 0.102. The van der Waals surface area contributed by atoms with E-state index in [-0.39, 0.29) is 17.0 Å². The first-order valence-corrected chi connectivity index (χ1v) is 7.11. The lowest BCUT2D eigenvalue weighted by molar-refractivity contribution is -0.385. The Hall–Kier alpha value is -1.95. The number of ketones is 1. The number of hydrogen-bond donors (Lipinski definition) is 0. The predicted octanol–water partition coefficient (Wildman–Crippen LogP) is 2.33. The minimum Gasteiger partial charge on any atom is -0.371 e. The molecule has 0 aromatic heterocycles. The number of benzene rings is 1. The third-order valence-electron chi connectivity index (χ3n) is 4.12. The van der Waals surface area contributed by atoms with Crippen molar-refractivity contribution in [3.05, 3.63) is 33.9 Å². The van der Waals surface area contributed by atoms with E-state index < -0.39 is 4.92 Å². The lowest BCUT2D eigenvalue weighted by atomic mass is 10.0. The molecule has 0 spiro atoms. The van der Waals surface area contributed by atoms with Crippen LogP contribution in [-0.4, -0.2) is 48.8 Å². The van der Waals surface area contributed by atoms with Crippen LogP contribution in [0.2, 0.25) is 0 Å². The molecule has 0 aliphatic carbocycles. The second-order valence-corrected chi connectivity index (χ2v) is 5.70. The van der Waals surface area contributed by atoms with Crippen LogP contribution in [0.15, 0.2) is 18.2 Å². The van der Waals surface area contributed by atoms with Gasteiger partial charge in [0.05, 0.1) is 10.5 Å². The van der Waals surface area contributed by atoms with Gasteiger partial charge in [-0.25, -0.2) is 0 Å². The van der Waals surface area contributed by atoms with E-state index in [9.17, 15) is 14.9 Å². The van der Waals surface area contributed by atoms with Crippen LogP contribution in [0.3, 0.4) is 0 Å². The van der Waals surface area contributed by atoms with Crippen molar-refractivity contribution in [3.63, 3.8) is 0 Å². The third-order valence-corrected chi connectivity index (χ3v) is 4.12. The van der Waals surface area contributed by atoms with E-state index in [0.29, 0.717) is 6.04 Å². The maximum absolute atomic E-state index is 11.5. The Morgan fingerprint density at radius 3 is 2.43 bits per heavy atom. The average Bonchev–Trinajstić information content (AvgIpc) is 2.46. The van der Waals surface area contributed by atoms with Gasteiger partial charge in [-0.3, -0.25) is 14.9 Å². The maximum atomic E-state index is 11.5. The molecule has 0 saturated carbocycles. The van der Waals surface area contributed by atoms with Gasteiger partial charge >= 0.3 is 0 Å². The van der Waals surface area contributed by atoms with Gasteiger partial charge in [0.1, 0.15) is 0 Å². The second kappa shape index (κ2) is 6.22. The van der Waals surface area contributed by atoms with Gasteiger partial charge in [-0.05, 0) is 46.0 Å². The summed E-state index contributed by atoms with van der Waals surface area (Å²) < 4.78 is 0. The van der Waals surface area contributed by atoms with Crippen LogP contribution in [0.1, 0.15) is 30.1 Å². The topological polar surface area (TPSA) is 66.7 Å². The molecule has 1 fully saturated rings. The van der Waals surface area contributed by atoms with Gasteiger partial charge in [-0.15, -0.1) is 0 Å². The molecule has 1 saturated heterocycles. The molecule has 0 bridgehead atoms. The first kappa shape index (κ1) is 15.4. The zero-order valence-electron chi connectivity index (χ0n) is 12.7. The van der Waals surface area contributed by atoms with E-state index in [1.54, 1.807) is 12.1 Å². The van der Waals surface area contributed by atoms with Crippen molar-refractivity contribution in [2.75, 3.05) is 32.1 Å². The van der Waals surface area contributed by atoms with E-state index in [2.05, 4.69) is 23.9 Å². The van der Waals surface area contributed by atoms with Crippen LogP contribution in [0.25, 0.3) is 0 Å². The molecule has 0 unspecified atom stereocenters. The highest BCUT2D eigenvalue weighted by Crippen LogP contribution is 2.28. The molecule has 2 rings (SSSR count). The highest BCUT2D eigenvalue weighted by molar-refractivity contribution is 5.98. The first-order valence-electron chi connectivity index (χ1n) is 7.11. The Labute approximate surface area is 124 Å². The molecule has 21 heavy (non-hydrogen) atoms. The number of piperidine rings is 1. The van der Waals surface area contributed by atoms with E-state index in [1.807, 2.05) is 0 Å². The molecule has 0 atom stereocenters. The predicted molar refractivity (Wildman–Crippen MR) is 82.0 cm³/mol. The molecule has 6 nitrogen and oxygen atoms in total. The molecule has 1 aromatic carbocycles.